The normalized spacial score (nSPS) is 12.0. The number of nitrogens with two attached hydrogens (primary N) is 1. The Hall–Kier alpha value is -1.28. The van der Waals surface area contributed by atoms with Crippen molar-refractivity contribution >= 4 is 38.9 Å². The van der Waals surface area contributed by atoms with Gasteiger partial charge in [-0.05, 0) is 12.1 Å². The summed E-state index contributed by atoms with van der Waals surface area (Å²) >= 11 is 11.9. The van der Waals surface area contributed by atoms with Crippen molar-refractivity contribution in [2.24, 2.45) is 0 Å². The number of aromatic amines is 1. The molecule has 3 N–H and O–H groups in total. The molecule has 0 saturated heterocycles. The van der Waals surface area contributed by atoms with E-state index in [1.165, 1.54) is 25.4 Å². The Balaban J connectivity index is 2.40. The standard InChI is InChI=1S/C11H12Cl2N4O2S/c1-17(6-7-4-15-16-5-7)20(18,19)11-9(12)2-8(14)3-10(11)13/h2-5H,6,14H2,1H3,(H,15,16). The number of rotatable bonds is 4. The van der Waals surface area contributed by atoms with Crippen molar-refractivity contribution in [1.29, 1.82) is 0 Å². The van der Waals surface area contributed by atoms with Crippen LogP contribution in [0, 0.1) is 0 Å². The Labute approximate surface area is 126 Å². The molecule has 1 heterocycles. The highest BCUT2D eigenvalue weighted by Crippen LogP contribution is 2.33. The Bertz CT molecular complexity index is 693. The van der Waals surface area contributed by atoms with E-state index in [2.05, 4.69) is 10.2 Å². The number of hydrogen-bond acceptors (Lipinski definition) is 4. The molecule has 0 aliphatic rings. The molecule has 1 aromatic heterocycles. The number of aromatic nitrogens is 2. The van der Waals surface area contributed by atoms with Crippen LogP contribution in [0.25, 0.3) is 0 Å². The molecule has 2 aromatic rings. The molecule has 0 atom stereocenters. The zero-order chi connectivity index (χ0) is 14.9. The lowest BCUT2D eigenvalue weighted by Gasteiger charge is -2.18. The number of sulfonamides is 1. The van der Waals surface area contributed by atoms with Gasteiger partial charge in [0.05, 0.1) is 16.2 Å². The molecule has 1 aromatic carbocycles. The van der Waals surface area contributed by atoms with Gasteiger partial charge in [-0.3, -0.25) is 5.10 Å². The van der Waals surface area contributed by atoms with Gasteiger partial charge in [-0.2, -0.15) is 9.40 Å². The first-order valence-electron chi connectivity index (χ1n) is 5.51. The lowest BCUT2D eigenvalue weighted by Crippen LogP contribution is -2.27. The van der Waals surface area contributed by atoms with Crippen molar-refractivity contribution in [1.82, 2.24) is 14.5 Å². The van der Waals surface area contributed by atoms with Gasteiger partial charge in [0.15, 0.2) is 0 Å². The molecule has 0 fully saturated rings. The first kappa shape index (κ1) is 15.1. The van der Waals surface area contributed by atoms with Gasteiger partial charge in [-0.15, -0.1) is 0 Å². The third-order valence-electron chi connectivity index (χ3n) is 2.65. The fraction of sp³-hybridized carbons (Fsp3) is 0.182. The lowest BCUT2D eigenvalue weighted by atomic mass is 10.3. The molecule has 0 aliphatic heterocycles. The highest BCUT2D eigenvalue weighted by atomic mass is 35.5. The van der Waals surface area contributed by atoms with Crippen LogP contribution in [0.5, 0.6) is 0 Å². The van der Waals surface area contributed by atoms with E-state index in [0.29, 0.717) is 5.69 Å². The number of nitrogens with zero attached hydrogens (tertiary/aromatic N) is 2. The average Bonchev–Trinajstić information content (AvgIpc) is 2.79. The van der Waals surface area contributed by atoms with E-state index in [1.807, 2.05) is 0 Å². The van der Waals surface area contributed by atoms with Gasteiger partial charge in [-0.1, -0.05) is 23.2 Å². The van der Waals surface area contributed by atoms with Crippen LogP contribution in [0.2, 0.25) is 10.0 Å². The maximum atomic E-state index is 12.5. The van der Waals surface area contributed by atoms with Crippen molar-refractivity contribution in [3.8, 4) is 0 Å². The van der Waals surface area contributed by atoms with Crippen molar-refractivity contribution in [2.45, 2.75) is 11.4 Å². The fourth-order valence-electron chi connectivity index (χ4n) is 1.69. The number of hydrogen-bond donors (Lipinski definition) is 2. The van der Waals surface area contributed by atoms with Crippen molar-refractivity contribution in [3.05, 3.63) is 40.1 Å². The van der Waals surface area contributed by atoms with Crippen LogP contribution in [0.3, 0.4) is 0 Å². The van der Waals surface area contributed by atoms with Crippen LogP contribution in [0.1, 0.15) is 5.56 Å². The molecular weight excluding hydrogens is 323 g/mol. The van der Waals surface area contributed by atoms with Crippen LogP contribution in [0.4, 0.5) is 5.69 Å². The predicted octanol–water partition coefficient (Wildman–Crippen LogP) is 2.12. The molecule has 0 spiro atoms. The van der Waals surface area contributed by atoms with E-state index in [-0.39, 0.29) is 21.5 Å². The van der Waals surface area contributed by atoms with Crippen molar-refractivity contribution in [2.75, 3.05) is 12.8 Å². The summed E-state index contributed by atoms with van der Waals surface area (Å²) in [7, 11) is -2.39. The summed E-state index contributed by atoms with van der Waals surface area (Å²) in [6, 6.07) is 2.71. The Morgan fingerprint density at radius 3 is 2.45 bits per heavy atom. The molecule has 6 nitrogen and oxygen atoms in total. The van der Waals surface area contributed by atoms with Crippen LogP contribution in [-0.4, -0.2) is 30.0 Å². The Morgan fingerprint density at radius 2 is 1.95 bits per heavy atom. The van der Waals surface area contributed by atoms with Crippen LogP contribution < -0.4 is 5.73 Å². The number of nitrogen functional groups attached to an aromatic ring is 1. The first-order chi connectivity index (χ1) is 9.32. The summed E-state index contributed by atoms with van der Waals surface area (Å²) in [5, 5.41) is 6.37. The summed E-state index contributed by atoms with van der Waals surface area (Å²) < 4.78 is 26.1. The number of nitrogens with one attached hydrogen (secondary N) is 1. The molecule has 108 valence electrons. The van der Waals surface area contributed by atoms with E-state index in [0.717, 1.165) is 9.87 Å². The van der Waals surface area contributed by atoms with E-state index in [1.54, 1.807) is 6.20 Å². The lowest BCUT2D eigenvalue weighted by molar-refractivity contribution is 0.467. The topological polar surface area (TPSA) is 92.1 Å². The second kappa shape index (κ2) is 5.61. The van der Waals surface area contributed by atoms with Crippen molar-refractivity contribution in [3.63, 3.8) is 0 Å². The highest BCUT2D eigenvalue weighted by molar-refractivity contribution is 7.89. The molecule has 0 aliphatic carbocycles. The van der Waals surface area contributed by atoms with Gasteiger partial charge < -0.3 is 5.73 Å². The number of anilines is 1. The molecule has 2 rings (SSSR count). The quantitative estimate of drug-likeness (QED) is 0.837. The number of benzene rings is 1. The van der Waals surface area contributed by atoms with Gasteiger partial charge in [0.2, 0.25) is 10.0 Å². The Morgan fingerprint density at radius 1 is 1.35 bits per heavy atom. The molecule has 20 heavy (non-hydrogen) atoms. The minimum absolute atomic E-state index is 0.00552. The van der Waals surface area contributed by atoms with Crippen molar-refractivity contribution < 1.29 is 8.42 Å². The molecule has 0 saturated carbocycles. The van der Waals surface area contributed by atoms with Gasteiger partial charge in [-0.25, -0.2) is 8.42 Å². The predicted molar refractivity (Wildman–Crippen MR) is 78.1 cm³/mol. The minimum Gasteiger partial charge on any atom is -0.399 e. The fourth-order valence-corrected chi connectivity index (χ4v) is 4.02. The van der Waals surface area contributed by atoms with Crippen LogP contribution in [-0.2, 0) is 16.6 Å². The largest absolute Gasteiger partial charge is 0.399 e. The van der Waals surface area contributed by atoms with E-state index in [4.69, 9.17) is 28.9 Å². The van der Waals surface area contributed by atoms with Crippen LogP contribution >= 0.6 is 23.2 Å². The zero-order valence-corrected chi connectivity index (χ0v) is 12.8. The Kier molecular flexibility index (Phi) is 4.24. The SMILES string of the molecule is CN(Cc1cn[nH]c1)S(=O)(=O)c1c(Cl)cc(N)cc1Cl. The summed E-state index contributed by atoms with van der Waals surface area (Å²) in [5.74, 6) is 0. The number of H-pyrrole nitrogens is 1. The maximum absolute atomic E-state index is 12.5. The summed E-state index contributed by atoms with van der Waals surface area (Å²) in [5.41, 5.74) is 6.59. The molecule has 0 bridgehead atoms. The van der Waals surface area contributed by atoms with E-state index < -0.39 is 10.0 Å². The second-order valence-corrected chi connectivity index (χ2v) is 6.98. The molecule has 0 amide bonds. The summed E-state index contributed by atoms with van der Waals surface area (Å²) in [4.78, 5) is -0.152. The second-order valence-electron chi connectivity index (χ2n) is 4.18. The highest BCUT2D eigenvalue weighted by Gasteiger charge is 2.27. The zero-order valence-electron chi connectivity index (χ0n) is 10.5. The van der Waals surface area contributed by atoms with E-state index >= 15 is 0 Å². The summed E-state index contributed by atoms with van der Waals surface area (Å²) in [6.07, 6.45) is 3.15. The minimum atomic E-state index is -3.82. The van der Waals surface area contributed by atoms with Gasteiger partial charge in [0, 0.05) is 31.0 Å². The number of halogens is 2. The average molecular weight is 335 g/mol. The molecule has 0 radical (unpaired) electrons. The molecular formula is C11H12Cl2N4O2S. The maximum Gasteiger partial charge on any atom is 0.246 e. The third-order valence-corrected chi connectivity index (χ3v) is 5.37. The summed E-state index contributed by atoms with van der Waals surface area (Å²) in [6.45, 7) is 0.149. The monoisotopic (exact) mass is 334 g/mol. The third kappa shape index (κ3) is 2.90. The van der Waals surface area contributed by atoms with Gasteiger partial charge in [0.25, 0.3) is 0 Å². The van der Waals surface area contributed by atoms with E-state index in [9.17, 15) is 8.42 Å². The van der Waals surface area contributed by atoms with Gasteiger partial charge in [0.1, 0.15) is 4.90 Å². The first-order valence-corrected chi connectivity index (χ1v) is 7.70. The smallest absolute Gasteiger partial charge is 0.246 e. The van der Waals surface area contributed by atoms with Crippen LogP contribution in [0.15, 0.2) is 29.4 Å². The molecule has 0 unspecified atom stereocenters. The van der Waals surface area contributed by atoms with Gasteiger partial charge >= 0.3 is 0 Å². The molecule has 9 heteroatoms.